The van der Waals surface area contributed by atoms with E-state index < -0.39 is 5.97 Å². The highest BCUT2D eigenvalue weighted by Gasteiger charge is 2.34. The quantitative estimate of drug-likeness (QED) is 0.819. The van der Waals surface area contributed by atoms with E-state index in [2.05, 4.69) is 10.6 Å². The molecule has 6 nitrogen and oxygen atoms in total. The van der Waals surface area contributed by atoms with Crippen LogP contribution in [0.5, 0.6) is 0 Å². The van der Waals surface area contributed by atoms with E-state index in [0.717, 1.165) is 0 Å². The summed E-state index contributed by atoms with van der Waals surface area (Å²) in [7, 11) is 0. The molecule has 2 rings (SSSR count). The largest absolute Gasteiger partial charge is 0.461 e. The summed E-state index contributed by atoms with van der Waals surface area (Å²) in [4.78, 5) is 23.7. The van der Waals surface area contributed by atoms with Crippen molar-refractivity contribution >= 4 is 17.7 Å². The first kappa shape index (κ1) is 16.3. The smallest absolute Gasteiger partial charge is 0.338 e. The Morgan fingerprint density at radius 3 is 2.68 bits per heavy atom. The number of rotatable bonds is 5. The number of urea groups is 1. The zero-order valence-corrected chi connectivity index (χ0v) is 13.1. The number of esters is 1. The molecule has 1 aromatic rings. The molecule has 0 bridgehead atoms. The molecule has 2 amide bonds. The second-order valence-electron chi connectivity index (χ2n) is 6.21. The predicted molar refractivity (Wildman–Crippen MR) is 82.9 cm³/mol. The van der Waals surface area contributed by atoms with Crippen LogP contribution in [-0.4, -0.2) is 37.9 Å². The summed E-state index contributed by atoms with van der Waals surface area (Å²) >= 11 is 0. The Balaban J connectivity index is 1.92. The molecule has 6 heteroatoms. The SMILES string of the molecule is CC(C)NC(=O)Nc1cccc(C(=O)OCC2(C)COC2)c1. The number of nitrogens with one attached hydrogen (secondary N) is 2. The summed E-state index contributed by atoms with van der Waals surface area (Å²) in [5, 5.41) is 5.41. The standard InChI is InChI=1S/C16H22N2O4/c1-11(2)17-15(20)18-13-6-4-5-12(7-13)14(19)22-10-16(3)8-21-9-16/h4-7,11H,8-10H2,1-3H3,(H2,17,18,20). The number of anilines is 1. The van der Waals surface area contributed by atoms with Gasteiger partial charge in [0.2, 0.25) is 0 Å². The first-order valence-electron chi connectivity index (χ1n) is 7.30. The molecule has 0 aromatic heterocycles. The third-order valence-corrected chi connectivity index (χ3v) is 3.23. The molecule has 0 aliphatic carbocycles. The summed E-state index contributed by atoms with van der Waals surface area (Å²) in [5.41, 5.74) is 0.875. The van der Waals surface area contributed by atoms with Gasteiger partial charge in [-0.3, -0.25) is 0 Å². The van der Waals surface area contributed by atoms with E-state index in [1.54, 1.807) is 24.3 Å². The summed E-state index contributed by atoms with van der Waals surface area (Å²) < 4.78 is 10.4. The maximum Gasteiger partial charge on any atom is 0.338 e. The van der Waals surface area contributed by atoms with Crippen molar-refractivity contribution in [2.45, 2.75) is 26.8 Å². The molecule has 0 atom stereocenters. The lowest BCUT2D eigenvalue weighted by Crippen LogP contribution is -2.44. The van der Waals surface area contributed by atoms with Crippen molar-refractivity contribution in [2.75, 3.05) is 25.1 Å². The van der Waals surface area contributed by atoms with Crippen LogP contribution in [0.2, 0.25) is 0 Å². The lowest BCUT2D eigenvalue weighted by atomic mass is 9.90. The first-order valence-corrected chi connectivity index (χ1v) is 7.30. The molecule has 0 unspecified atom stereocenters. The monoisotopic (exact) mass is 306 g/mol. The maximum absolute atomic E-state index is 12.1. The molecule has 0 spiro atoms. The number of hydrogen-bond donors (Lipinski definition) is 2. The summed E-state index contributed by atoms with van der Waals surface area (Å²) in [6.07, 6.45) is 0. The minimum atomic E-state index is -0.402. The Kier molecular flexibility index (Phi) is 5.03. The fourth-order valence-electron chi connectivity index (χ4n) is 2.01. The highest BCUT2D eigenvalue weighted by molar-refractivity contribution is 5.94. The predicted octanol–water partition coefficient (Wildman–Crippen LogP) is 2.41. The van der Waals surface area contributed by atoms with Crippen molar-refractivity contribution in [2.24, 2.45) is 5.41 Å². The molecule has 0 radical (unpaired) electrons. The van der Waals surface area contributed by atoms with Crippen molar-refractivity contribution < 1.29 is 19.1 Å². The van der Waals surface area contributed by atoms with Gasteiger partial charge < -0.3 is 20.1 Å². The van der Waals surface area contributed by atoms with Crippen LogP contribution in [0.3, 0.4) is 0 Å². The van der Waals surface area contributed by atoms with Gasteiger partial charge in [0, 0.05) is 17.1 Å². The van der Waals surface area contributed by atoms with Crippen molar-refractivity contribution in [3.8, 4) is 0 Å². The van der Waals surface area contributed by atoms with Gasteiger partial charge in [-0.15, -0.1) is 0 Å². The molecule has 120 valence electrons. The lowest BCUT2D eigenvalue weighted by Gasteiger charge is -2.37. The Morgan fingerprint density at radius 2 is 2.09 bits per heavy atom. The number of carbonyl (C=O) groups excluding carboxylic acids is 2. The molecule has 2 N–H and O–H groups in total. The van der Waals surface area contributed by atoms with E-state index in [-0.39, 0.29) is 17.5 Å². The Morgan fingerprint density at radius 1 is 1.36 bits per heavy atom. The number of carbonyl (C=O) groups is 2. The second kappa shape index (κ2) is 6.79. The third-order valence-electron chi connectivity index (χ3n) is 3.23. The van der Waals surface area contributed by atoms with Gasteiger partial charge in [-0.05, 0) is 32.0 Å². The average Bonchev–Trinajstić information content (AvgIpc) is 2.42. The summed E-state index contributed by atoms with van der Waals surface area (Å²) in [5.74, 6) is -0.402. The zero-order valence-electron chi connectivity index (χ0n) is 13.1. The van der Waals surface area contributed by atoms with Gasteiger partial charge in [-0.1, -0.05) is 13.0 Å². The van der Waals surface area contributed by atoms with Gasteiger partial charge in [0.15, 0.2) is 0 Å². The van der Waals surface area contributed by atoms with Crippen LogP contribution >= 0.6 is 0 Å². The average molecular weight is 306 g/mol. The molecule has 1 saturated heterocycles. The van der Waals surface area contributed by atoms with Crippen molar-refractivity contribution in [1.82, 2.24) is 5.32 Å². The number of ether oxygens (including phenoxy) is 2. The van der Waals surface area contributed by atoms with E-state index in [4.69, 9.17) is 9.47 Å². The van der Waals surface area contributed by atoms with E-state index in [1.165, 1.54) is 0 Å². The van der Waals surface area contributed by atoms with Crippen molar-refractivity contribution in [3.05, 3.63) is 29.8 Å². The molecule has 1 fully saturated rings. The number of amides is 2. The molecular weight excluding hydrogens is 284 g/mol. The molecular formula is C16H22N2O4. The summed E-state index contributed by atoms with van der Waals surface area (Å²) in [6, 6.07) is 6.42. The third kappa shape index (κ3) is 4.46. The van der Waals surface area contributed by atoms with Crippen LogP contribution in [0, 0.1) is 5.41 Å². The van der Waals surface area contributed by atoms with E-state index in [9.17, 15) is 9.59 Å². The van der Waals surface area contributed by atoms with Gasteiger partial charge in [-0.25, -0.2) is 9.59 Å². The Bertz CT molecular complexity index is 553. The van der Waals surface area contributed by atoms with E-state index in [0.29, 0.717) is 31.1 Å². The molecule has 1 heterocycles. The fraction of sp³-hybridized carbons (Fsp3) is 0.500. The van der Waals surface area contributed by atoms with E-state index in [1.807, 2.05) is 20.8 Å². The first-order chi connectivity index (χ1) is 10.4. The van der Waals surface area contributed by atoms with Gasteiger partial charge in [0.1, 0.15) is 6.61 Å². The van der Waals surface area contributed by atoms with Gasteiger partial charge in [0.05, 0.1) is 18.8 Å². The molecule has 1 aromatic carbocycles. The van der Waals surface area contributed by atoms with Gasteiger partial charge in [0.25, 0.3) is 0 Å². The topological polar surface area (TPSA) is 76.7 Å². The van der Waals surface area contributed by atoms with Gasteiger partial charge in [-0.2, -0.15) is 0 Å². The van der Waals surface area contributed by atoms with Crippen molar-refractivity contribution in [1.29, 1.82) is 0 Å². The number of benzene rings is 1. The molecule has 0 saturated carbocycles. The molecule has 1 aliphatic rings. The van der Waals surface area contributed by atoms with Crippen LogP contribution in [0.4, 0.5) is 10.5 Å². The highest BCUT2D eigenvalue weighted by atomic mass is 16.5. The zero-order chi connectivity index (χ0) is 16.2. The minimum absolute atomic E-state index is 0.0404. The van der Waals surface area contributed by atoms with E-state index >= 15 is 0 Å². The minimum Gasteiger partial charge on any atom is -0.461 e. The van der Waals surface area contributed by atoms with Crippen LogP contribution in [0.15, 0.2) is 24.3 Å². The lowest BCUT2D eigenvalue weighted by molar-refractivity contribution is -0.127. The maximum atomic E-state index is 12.1. The Labute approximate surface area is 130 Å². The molecule has 1 aliphatic heterocycles. The van der Waals surface area contributed by atoms with Gasteiger partial charge >= 0.3 is 12.0 Å². The molecule has 22 heavy (non-hydrogen) atoms. The highest BCUT2D eigenvalue weighted by Crippen LogP contribution is 2.27. The van der Waals surface area contributed by atoms with Crippen LogP contribution in [0.1, 0.15) is 31.1 Å². The van der Waals surface area contributed by atoms with Crippen LogP contribution in [-0.2, 0) is 9.47 Å². The normalized spacial score (nSPS) is 15.8. The fourth-order valence-corrected chi connectivity index (χ4v) is 2.01. The number of hydrogen-bond acceptors (Lipinski definition) is 4. The Hall–Kier alpha value is -2.08. The van der Waals surface area contributed by atoms with Crippen molar-refractivity contribution in [3.63, 3.8) is 0 Å². The van der Waals surface area contributed by atoms with Crippen LogP contribution < -0.4 is 10.6 Å². The second-order valence-corrected chi connectivity index (χ2v) is 6.21. The van der Waals surface area contributed by atoms with Crippen LogP contribution in [0.25, 0.3) is 0 Å². The summed E-state index contributed by atoms with van der Waals surface area (Å²) in [6.45, 7) is 7.31.